The number of nitro groups is 1. The lowest BCUT2D eigenvalue weighted by atomic mass is 10.1. The molecule has 0 amide bonds. The number of nitriles is 1. The molecule has 5 nitrogen and oxygen atoms in total. The van der Waals surface area contributed by atoms with Gasteiger partial charge in [0.1, 0.15) is 0 Å². The predicted molar refractivity (Wildman–Crippen MR) is 81.0 cm³/mol. The molecule has 0 aliphatic carbocycles. The number of anilines is 1. The maximum Gasteiger partial charge on any atom is 0.272 e. The highest BCUT2D eigenvalue weighted by molar-refractivity contribution is 5.54. The zero-order valence-corrected chi connectivity index (χ0v) is 11.8. The number of nitro benzene ring substituents is 1. The van der Waals surface area contributed by atoms with Crippen LogP contribution in [0.1, 0.15) is 29.7 Å². The highest BCUT2D eigenvalue weighted by Gasteiger charge is 2.11. The topological polar surface area (TPSA) is 79.0 Å². The van der Waals surface area contributed by atoms with Crippen molar-refractivity contribution in [1.29, 1.82) is 5.26 Å². The molecule has 21 heavy (non-hydrogen) atoms. The number of nitrogens with zero attached hydrogens (tertiary/aromatic N) is 2. The van der Waals surface area contributed by atoms with E-state index in [2.05, 4.69) is 11.4 Å². The molecule has 0 saturated heterocycles. The van der Waals surface area contributed by atoms with E-state index in [1.807, 2.05) is 19.1 Å². The minimum absolute atomic E-state index is 0.0404. The highest BCUT2D eigenvalue weighted by atomic mass is 16.6. The Bertz CT molecular complexity index is 702. The van der Waals surface area contributed by atoms with Crippen molar-refractivity contribution in [3.05, 3.63) is 69.3 Å². The van der Waals surface area contributed by atoms with Crippen molar-refractivity contribution in [2.24, 2.45) is 0 Å². The molecular weight excluding hydrogens is 266 g/mol. The Morgan fingerprint density at radius 1 is 1.24 bits per heavy atom. The van der Waals surface area contributed by atoms with E-state index < -0.39 is 0 Å². The van der Waals surface area contributed by atoms with Crippen LogP contribution in [0.25, 0.3) is 0 Å². The Morgan fingerprint density at radius 2 is 1.90 bits per heavy atom. The van der Waals surface area contributed by atoms with E-state index in [-0.39, 0.29) is 16.7 Å². The number of aryl methyl sites for hydroxylation is 1. The molecule has 0 aliphatic heterocycles. The quantitative estimate of drug-likeness (QED) is 0.679. The zero-order valence-electron chi connectivity index (χ0n) is 11.8. The average Bonchev–Trinajstić information content (AvgIpc) is 2.47. The minimum Gasteiger partial charge on any atom is -0.379 e. The highest BCUT2D eigenvalue weighted by Crippen LogP contribution is 2.25. The standard InChI is InChI=1S/C16H15N3O2/c1-11-9-15(7-8-16(11)19(20)21)18-12(2)14-5-3-13(10-17)4-6-14/h3-9,12,18H,1-2H3. The van der Waals surface area contributed by atoms with E-state index in [1.54, 1.807) is 31.2 Å². The molecule has 1 N–H and O–H groups in total. The van der Waals surface area contributed by atoms with Crippen LogP contribution in [-0.4, -0.2) is 4.92 Å². The van der Waals surface area contributed by atoms with E-state index >= 15 is 0 Å². The van der Waals surface area contributed by atoms with Crippen LogP contribution >= 0.6 is 0 Å². The summed E-state index contributed by atoms with van der Waals surface area (Å²) >= 11 is 0. The summed E-state index contributed by atoms with van der Waals surface area (Å²) in [6, 6.07) is 14.4. The number of hydrogen-bond acceptors (Lipinski definition) is 4. The molecule has 0 bridgehead atoms. The van der Waals surface area contributed by atoms with Crippen LogP contribution in [0.5, 0.6) is 0 Å². The summed E-state index contributed by atoms with van der Waals surface area (Å²) in [5.41, 5.74) is 3.24. The first-order chi connectivity index (χ1) is 10.0. The molecule has 1 unspecified atom stereocenters. The predicted octanol–water partition coefficient (Wildman–Crippen LogP) is 3.95. The lowest BCUT2D eigenvalue weighted by Gasteiger charge is -2.16. The van der Waals surface area contributed by atoms with E-state index in [0.717, 1.165) is 11.3 Å². The van der Waals surface area contributed by atoms with Crippen LogP contribution in [0, 0.1) is 28.4 Å². The molecule has 5 heteroatoms. The Hall–Kier alpha value is -2.87. The number of hydrogen-bond donors (Lipinski definition) is 1. The normalized spacial score (nSPS) is 11.5. The maximum atomic E-state index is 10.8. The van der Waals surface area contributed by atoms with Gasteiger partial charge in [-0.1, -0.05) is 12.1 Å². The number of rotatable bonds is 4. The summed E-state index contributed by atoms with van der Waals surface area (Å²) in [7, 11) is 0. The van der Waals surface area contributed by atoms with Crippen LogP contribution in [-0.2, 0) is 0 Å². The molecule has 1 atom stereocenters. The van der Waals surface area contributed by atoms with Gasteiger partial charge in [0, 0.05) is 23.4 Å². The molecule has 0 spiro atoms. The lowest BCUT2D eigenvalue weighted by molar-refractivity contribution is -0.385. The summed E-state index contributed by atoms with van der Waals surface area (Å²) in [4.78, 5) is 10.4. The van der Waals surface area contributed by atoms with Crippen LogP contribution in [0.4, 0.5) is 11.4 Å². The lowest BCUT2D eigenvalue weighted by Crippen LogP contribution is -2.07. The third-order valence-corrected chi connectivity index (χ3v) is 3.32. The molecule has 106 valence electrons. The van der Waals surface area contributed by atoms with Gasteiger partial charge in [-0.05, 0) is 43.7 Å². The second kappa shape index (κ2) is 6.06. The Kier molecular flexibility index (Phi) is 4.19. The molecule has 0 aliphatic rings. The van der Waals surface area contributed by atoms with E-state index in [1.165, 1.54) is 6.07 Å². The van der Waals surface area contributed by atoms with Gasteiger partial charge in [0.25, 0.3) is 5.69 Å². The third kappa shape index (κ3) is 3.37. The van der Waals surface area contributed by atoms with E-state index in [4.69, 9.17) is 5.26 Å². The van der Waals surface area contributed by atoms with Gasteiger partial charge in [0.15, 0.2) is 0 Å². The Labute approximate surface area is 123 Å². The summed E-state index contributed by atoms with van der Waals surface area (Å²) in [5, 5.41) is 22.9. The third-order valence-electron chi connectivity index (χ3n) is 3.32. The van der Waals surface area contributed by atoms with Gasteiger partial charge in [-0.25, -0.2) is 0 Å². The first kappa shape index (κ1) is 14.5. The van der Waals surface area contributed by atoms with Crippen LogP contribution in [0.3, 0.4) is 0 Å². The first-order valence-corrected chi connectivity index (χ1v) is 6.53. The molecule has 0 radical (unpaired) electrons. The molecule has 0 fully saturated rings. The molecule has 0 aromatic heterocycles. The van der Waals surface area contributed by atoms with Crippen molar-refractivity contribution in [3.8, 4) is 6.07 Å². The first-order valence-electron chi connectivity index (χ1n) is 6.53. The van der Waals surface area contributed by atoms with Crippen LogP contribution in [0.2, 0.25) is 0 Å². The van der Waals surface area contributed by atoms with E-state index in [0.29, 0.717) is 11.1 Å². The van der Waals surface area contributed by atoms with Crippen molar-refractivity contribution in [2.75, 3.05) is 5.32 Å². The van der Waals surface area contributed by atoms with Gasteiger partial charge in [0.2, 0.25) is 0 Å². The molecular formula is C16H15N3O2. The SMILES string of the molecule is Cc1cc(NC(C)c2ccc(C#N)cc2)ccc1[N+](=O)[O-]. The van der Waals surface area contributed by atoms with Gasteiger partial charge in [-0.2, -0.15) is 5.26 Å². The van der Waals surface area contributed by atoms with Gasteiger partial charge in [0.05, 0.1) is 16.6 Å². The van der Waals surface area contributed by atoms with Gasteiger partial charge < -0.3 is 5.32 Å². The summed E-state index contributed by atoms with van der Waals surface area (Å²) in [6.45, 7) is 3.72. The van der Waals surface area contributed by atoms with Crippen LogP contribution in [0.15, 0.2) is 42.5 Å². The van der Waals surface area contributed by atoms with Crippen LogP contribution < -0.4 is 5.32 Å². The summed E-state index contributed by atoms with van der Waals surface area (Å²) < 4.78 is 0. The molecule has 2 aromatic rings. The fraction of sp³-hybridized carbons (Fsp3) is 0.188. The van der Waals surface area contributed by atoms with E-state index in [9.17, 15) is 10.1 Å². The maximum absolute atomic E-state index is 10.8. The number of benzene rings is 2. The largest absolute Gasteiger partial charge is 0.379 e. The van der Waals surface area contributed by atoms with Gasteiger partial charge in [-0.3, -0.25) is 10.1 Å². The molecule has 0 saturated carbocycles. The Morgan fingerprint density at radius 3 is 2.43 bits per heavy atom. The fourth-order valence-corrected chi connectivity index (χ4v) is 2.13. The second-order valence-electron chi connectivity index (χ2n) is 4.86. The summed E-state index contributed by atoms with van der Waals surface area (Å²) in [5.74, 6) is 0. The zero-order chi connectivity index (χ0) is 15.4. The fourth-order valence-electron chi connectivity index (χ4n) is 2.13. The smallest absolute Gasteiger partial charge is 0.272 e. The molecule has 2 aromatic carbocycles. The van der Waals surface area contributed by atoms with Gasteiger partial charge >= 0.3 is 0 Å². The van der Waals surface area contributed by atoms with Crippen molar-refractivity contribution in [2.45, 2.75) is 19.9 Å². The number of nitrogens with one attached hydrogen (secondary N) is 1. The van der Waals surface area contributed by atoms with Crippen molar-refractivity contribution in [1.82, 2.24) is 0 Å². The Balaban J connectivity index is 2.15. The van der Waals surface area contributed by atoms with Crippen molar-refractivity contribution < 1.29 is 4.92 Å². The minimum atomic E-state index is -0.386. The summed E-state index contributed by atoms with van der Waals surface area (Å²) in [6.07, 6.45) is 0. The average molecular weight is 281 g/mol. The molecule has 0 heterocycles. The van der Waals surface area contributed by atoms with Crippen molar-refractivity contribution >= 4 is 11.4 Å². The van der Waals surface area contributed by atoms with Gasteiger partial charge in [-0.15, -0.1) is 0 Å². The monoisotopic (exact) mass is 281 g/mol. The second-order valence-corrected chi connectivity index (χ2v) is 4.86. The van der Waals surface area contributed by atoms with Crippen molar-refractivity contribution in [3.63, 3.8) is 0 Å². The molecule has 2 rings (SSSR count).